The molecule has 114 valence electrons. The molecule has 8 nitrogen and oxygen atoms in total. The van der Waals surface area contributed by atoms with Crippen molar-refractivity contribution >= 4 is 43.6 Å². The largest absolute Gasteiger partial charge is 1.00 e. The van der Waals surface area contributed by atoms with Crippen LogP contribution in [0.1, 0.15) is 6.92 Å². The summed E-state index contributed by atoms with van der Waals surface area (Å²) in [6, 6.07) is 0. The van der Waals surface area contributed by atoms with Gasteiger partial charge in [0.1, 0.15) is 6.61 Å². The number of hydrogen-bond acceptors (Lipinski definition) is 7. The molecule has 0 aromatic heterocycles. The first kappa shape index (κ1) is 19.4. The first-order valence-electron chi connectivity index (χ1n) is 5.63. The molecular formula is C11H9BrNNaO7S. The number of rotatable bonds is 3. The monoisotopic (exact) mass is 401 g/mol. The molecule has 11 heteroatoms. The zero-order valence-corrected chi connectivity index (χ0v) is 16.1. The number of esters is 1. The zero-order valence-electron chi connectivity index (χ0n) is 11.7. The van der Waals surface area contributed by atoms with Gasteiger partial charge < -0.3 is 14.6 Å². The van der Waals surface area contributed by atoms with Gasteiger partial charge in [-0.05, 0) is 4.99 Å². The van der Waals surface area contributed by atoms with E-state index in [1.165, 1.54) is 0 Å². The molecule has 0 aromatic rings. The summed E-state index contributed by atoms with van der Waals surface area (Å²) in [5.74, 6) is -3.77. The number of β-lactam (4-membered cyclic amide) rings is 1. The molecule has 0 bridgehead atoms. The number of sulfone groups is 1. The van der Waals surface area contributed by atoms with Crippen molar-refractivity contribution in [3.8, 4) is 0 Å². The fourth-order valence-corrected chi connectivity index (χ4v) is 4.76. The van der Waals surface area contributed by atoms with Crippen molar-refractivity contribution in [3.63, 3.8) is 0 Å². The summed E-state index contributed by atoms with van der Waals surface area (Å²) in [5.41, 5.74) is -0.803. The third kappa shape index (κ3) is 3.16. The van der Waals surface area contributed by atoms with E-state index in [1.807, 2.05) is 0 Å². The molecule has 0 aromatic carbocycles. The number of carbonyl (C=O) groups is 3. The number of ether oxygens (including phenoxy) is 1. The van der Waals surface area contributed by atoms with Crippen molar-refractivity contribution in [2.45, 2.75) is 12.3 Å². The predicted molar refractivity (Wildman–Crippen MR) is 70.1 cm³/mol. The van der Waals surface area contributed by atoms with Crippen LogP contribution in [0.4, 0.5) is 0 Å². The van der Waals surface area contributed by atoms with E-state index in [0.717, 1.165) is 11.9 Å². The van der Waals surface area contributed by atoms with Crippen molar-refractivity contribution in [2.75, 3.05) is 12.4 Å². The van der Waals surface area contributed by atoms with Gasteiger partial charge in [0.25, 0.3) is 5.91 Å². The molecule has 0 aliphatic carbocycles. The maximum atomic E-state index is 12.1. The van der Waals surface area contributed by atoms with E-state index in [2.05, 4.69) is 20.7 Å². The van der Waals surface area contributed by atoms with Gasteiger partial charge in [0.15, 0.2) is 15.2 Å². The van der Waals surface area contributed by atoms with Gasteiger partial charge in [-0.2, -0.15) is 0 Å². The van der Waals surface area contributed by atoms with E-state index < -0.39 is 51.1 Å². The number of nitrogens with zero attached hydrogens (tertiary/aromatic N) is 1. The molecule has 2 aliphatic heterocycles. The number of halogens is 1. The number of carbonyl (C=O) groups excluding carboxylic acids is 3. The van der Waals surface area contributed by atoms with Gasteiger partial charge in [-0.3, -0.25) is 14.5 Å². The van der Waals surface area contributed by atoms with E-state index in [1.54, 1.807) is 0 Å². The zero-order chi connectivity index (χ0) is 15.9. The van der Waals surface area contributed by atoms with Crippen LogP contribution in [0.5, 0.6) is 0 Å². The Morgan fingerprint density at radius 3 is 2.55 bits per heavy atom. The SMILES string of the molecule is CC(=O)OCC1=C(C(=O)[O-])N2C(=O)/C(=C\Br)[C@H]2S(=O)(=O)C1.[Na+]. The van der Waals surface area contributed by atoms with Gasteiger partial charge in [0, 0.05) is 12.5 Å². The van der Waals surface area contributed by atoms with E-state index in [4.69, 9.17) is 0 Å². The van der Waals surface area contributed by atoms with Gasteiger partial charge in [-0.1, -0.05) is 15.9 Å². The van der Waals surface area contributed by atoms with Crippen LogP contribution in [0.15, 0.2) is 21.8 Å². The summed E-state index contributed by atoms with van der Waals surface area (Å²) in [7, 11) is -3.82. The molecule has 0 saturated carbocycles. The maximum Gasteiger partial charge on any atom is 1.00 e. The Labute approximate surface area is 156 Å². The standard InChI is InChI=1S/C11H10BrNO7S.Na/c1-5(14)20-3-6-4-21(18,19)10-7(2-12)9(15)13(10)8(6)11(16)17;/h2,10H,3-4H2,1H3,(H,16,17);/q;+1/p-1/b7-2+;/t10-;/m1./s1. The fourth-order valence-electron chi connectivity index (χ4n) is 2.20. The van der Waals surface area contributed by atoms with Gasteiger partial charge in [-0.25, -0.2) is 8.42 Å². The third-order valence-corrected chi connectivity index (χ3v) is 5.41. The molecule has 0 unspecified atom stereocenters. The van der Waals surface area contributed by atoms with Crippen molar-refractivity contribution in [2.24, 2.45) is 0 Å². The minimum atomic E-state index is -3.82. The van der Waals surface area contributed by atoms with E-state index in [0.29, 0.717) is 4.90 Å². The van der Waals surface area contributed by atoms with Gasteiger partial charge in [0.05, 0.1) is 23.0 Å². The summed E-state index contributed by atoms with van der Waals surface area (Å²) in [5, 5.41) is 9.87. The Morgan fingerprint density at radius 2 is 2.09 bits per heavy atom. The smallest absolute Gasteiger partial charge is 0.543 e. The molecule has 1 amide bonds. The van der Waals surface area contributed by atoms with Crippen molar-refractivity contribution in [3.05, 3.63) is 21.8 Å². The normalized spacial score (nSPS) is 24.3. The molecule has 1 fully saturated rings. The Kier molecular flexibility index (Phi) is 6.01. The maximum absolute atomic E-state index is 12.1. The molecule has 0 N–H and O–H groups in total. The number of hydrogen-bond donors (Lipinski definition) is 0. The summed E-state index contributed by atoms with van der Waals surface area (Å²) in [6.07, 6.45) is 0. The van der Waals surface area contributed by atoms with Crippen LogP contribution in [0, 0.1) is 0 Å². The minimum absolute atomic E-state index is 0. The van der Waals surface area contributed by atoms with Crippen LogP contribution in [0.2, 0.25) is 0 Å². The number of amides is 1. The third-order valence-electron chi connectivity index (χ3n) is 3.02. The van der Waals surface area contributed by atoms with Crippen LogP contribution in [-0.4, -0.2) is 48.9 Å². The average molecular weight is 402 g/mol. The minimum Gasteiger partial charge on any atom is -0.543 e. The average Bonchev–Trinajstić information content (AvgIpc) is 2.36. The summed E-state index contributed by atoms with van der Waals surface area (Å²) in [6.45, 7) is 0.571. The molecule has 0 radical (unpaired) electrons. The Hall–Kier alpha value is -0.680. The second-order valence-corrected chi connectivity index (χ2v) is 6.94. The second-order valence-electron chi connectivity index (χ2n) is 4.42. The van der Waals surface area contributed by atoms with Crippen molar-refractivity contribution < 1.29 is 62.2 Å². The fraction of sp³-hybridized carbons (Fsp3) is 0.364. The molecule has 1 saturated heterocycles. The van der Waals surface area contributed by atoms with Crippen LogP contribution in [-0.2, 0) is 29.0 Å². The number of carboxylic acid groups (broad SMARTS) is 1. The number of fused-ring (bicyclic) bond motifs is 1. The van der Waals surface area contributed by atoms with E-state index in [-0.39, 0.29) is 40.7 Å². The van der Waals surface area contributed by atoms with Gasteiger partial charge in [-0.15, -0.1) is 0 Å². The summed E-state index contributed by atoms with van der Waals surface area (Å²) in [4.78, 5) is 35.6. The predicted octanol–water partition coefficient (Wildman–Crippen LogP) is -4.57. The van der Waals surface area contributed by atoms with Gasteiger partial charge in [0.2, 0.25) is 0 Å². The molecular weight excluding hydrogens is 393 g/mol. The summed E-state index contributed by atoms with van der Waals surface area (Å²) >= 11 is 2.88. The molecule has 0 spiro atoms. The van der Waals surface area contributed by atoms with Crippen LogP contribution < -0.4 is 34.7 Å². The van der Waals surface area contributed by atoms with Crippen LogP contribution >= 0.6 is 15.9 Å². The van der Waals surface area contributed by atoms with Crippen molar-refractivity contribution in [1.29, 1.82) is 0 Å². The first-order valence-corrected chi connectivity index (χ1v) is 8.26. The molecule has 2 aliphatic rings. The number of carboxylic acids is 1. The Morgan fingerprint density at radius 1 is 1.50 bits per heavy atom. The van der Waals surface area contributed by atoms with Gasteiger partial charge >= 0.3 is 35.5 Å². The molecule has 2 heterocycles. The first-order chi connectivity index (χ1) is 9.70. The van der Waals surface area contributed by atoms with Crippen LogP contribution in [0.3, 0.4) is 0 Å². The molecule has 1 atom stereocenters. The summed E-state index contributed by atoms with van der Waals surface area (Å²) < 4.78 is 28.9. The number of aliphatic carboxylic acids is 1. The Balaban J connectivity index is 0.00000242. The molecule has 22 heavy (non-hydrogen) atoms. The van der Waals surface area contributed by atoms with E-state index in [9.17, 15) is 27.9 Å². The van der Waals surface area contributed by atoms with Crippen LogP contribution in [0.25, 0.3) is 0 Å². The van der Waals surface area contributed by atoms with E-state index >= 15 is 0 Å². The molecule has 2 rings (SSSR count). The second kappa shape index (κ2) is 6.83. The topological polar surface area (TPSA) is 121 Å². The Bertz CT molecular complexity index is 712. The van der Waals surface area contributed by atoms with Crippen molar-refractivity contribution in [1.82, 2.24) is 4.90 Å². The quantitative estimate of drug-likeness (QED) is 0.202.